The summed E-state index contributed by atoms with van der Waals surface area (Å²) in [5, 5.41) is 14.4. The van der Waals surface area contributed by atoms with Gasteiger partial charge in [0.1, 0.15) is 12.4 Å². The Morgan fingerprint density at radius 1 is 1.67 bits per heavy atom. The molecular weight excluding hydrogens is 387 g/mol. The smallest absolute Gasteiger partial charge is 0.306 e. The topological polar surface area (TPSA) is 103 Å². The van der Waals surface area contributed by atoms with Gasteiger partial charge in [-0.15, -0.1) is 24.0 Å². The van der Waals surface area contributed by atoms with E-state index in [1.54, 1.807) is 0 Å². The van der Waals surface area contributed by atoms with Gasteiger partial charge in [0.25, 0.3) is 0 Å². The summed E-state index contributed by atoms with van der Waals surface area (Å²) in [4.78, 5) is 16.5. The molecule has 1 aliphatic heterocycles. The van der Waals surface area contributed by atoms with Gasteiger partial charge in [-0.1, -0.05) is 6.92 Å². The molecule has 0 bridgehead atoms. The highest BCUT2D eigenvalue weighted by molar-refractivity contribution is 14.0. The number of hydrogen-bond donors (Lipinski definition) is 1. The molecule has 0 radical (unpaired) electrons. The molecule has 118 valence electrons. The Hall–Kier alpha value is -1.39. The molecular formula is C12H21IN6O2. The Kier molecular flexibility index (Phi) is 6.85. The van der Waals surface area contributed by atoms with E-state index in [2.05, 4.69) is 21.9 Å². The quantitative estimate of drug-likeness (QED) is 0.267. The Balaban J connectivity index is 0.00000220. The Labute approximate surface area is 140 Å². The normalized spacial score (nSPS) is 19.2. The van der Waals surface area contributed by atoms with Crippen molar-refractivity contribution in [3.8, 4) is 0 Å². The number of nitro groups is 1. The number of likely N-dealkylation sites (tertiary alicyclic amines) is 1. The summed E-state index contributed by atoms with van der Waals surface area (Å²) in [5.41, 5.74) is 5.96. The number of guanidine groups is 1. The van der Waals surface area contributed by atoms with Crippen LogP contribution in [0.1, 0.15) is 19.8 Å². The molecule has 1 aromatic rings. The van der Waals surface area contributed by atoms with Crippen LogP contribution in [0.25, 0.3) is 0 Å². The summed E-state index contributed by atoms with van der Waals surface area (Å²) in [6, 6.07) is 0. The zero-order valence-electron chi connectivity index (χ0n) is 12.0. The first-order valence-corrected chi connectivity index (χ1v) is 6.78. The number of rotatable bonds is 4. The van der Waals surface area contributed by atoms with Crippen molar-refractivity contribution in [2.24, 2.45) is 16.6 Å². The summed E-state index contributed by atoms with van der Waals surface area (Å²) >= 11 is 0. The van der Waals surface area contributed by atoms with Crippen LogP contribution in [0.3, 0.4) is 0 Å². The van der Waals surface area contributed by atoms with Gasteiger partial charge in [-0.05, 0) is 18.8 Å². The molecule has 0 amide bonds. The molecule has 8 nitrogen and oxygen atoms in total. The highest BCUT2D eigenvalue weighted by atomic mass is 127. The van der Waals surface area contributed by atoms with Gasteiger partial charge >= 0.3 is 5.69 Å². The molecule has 1 fully saturated rings. The van der Waals surface area contributed by atoms with Crippen LogP contribution in [0, 0.1) is 16.0 Å². The lowest BCUT2D eigenvalue weighted by Crippen LogP contribution is -2.43. The van der Waals surface area contributed by atoms with Crippen LogP contribution in [0.4, 0.5) is 5.69 Å². The van der Waals surface area contributed by atoms with Crippen LogP contribution < -0.4 is 5.73 Å². The van der Waals surface area contributed by atoms with Gasteiger partial charge < -0.3 is 10.6 Å². The zero-order valence-corrected chi connectivity index (χ0v) is 14.3. The first-order valence-electron chi connectivity index (χ1n) is 6.78. The average molecular weight is 408 g/mol. The number of hydrogen-bond acceptors (Lipinski definition) is 4. The van der Waals surface area contributed by atoms with Crippen molar-refractivity contribution in [1.82, 2.24) is 14.7 Å². The lowest BCUT2D eigenvalue weighted by molar-refractivity contribution is -0.385. The van der Waals surface area contributed by atoms with E-state index in [9.17, 15) is 10.1 Å². The average Bonchev–Trinajstić information content (AvgIpc) is 2.87. The fourth-order valence-electron chi connectivity index (χ4n) is 2.33. The largest absolute Gasteiger partial charge is 0.370 e. The number of aliphatic imine (C=N–C) groups is 1. The second kappa shape index (κ2) is 8.15. The van der Waals surface area contributed by atoms with Crippen LogP contribution >= 0.6 is 24.0 Å². The highest BCUT2D eigenvalue weighted by Crippen LogP contribution is 2.14. The molecule has 1 atom stereocenters. The monoisotopic (exact) mass is 408 g/mol. The van der Waals surface area contributed by atoms with E-state index in [-0.39, 0.29) is 29.7 Å². The van der Waals surface area contributed by atoms with Crippen molar-refractivity contribution in [2.45, 2.75) is 26.3 Å². The second-order valence-corrected chi connectivity index (χ2v) is 5.15. The number of halogens is 1. The van der Waals surface area contributed by atoms with Crippen LogP contribution in [0.2, 0.25) is 0 Å². The summed E-state index contributed by atoms with van der Waals surface area (Å²) in [5.74, 6) is 1.20. The van der Waals surface area contributed by atoms with Gasteiger partial charge in [0.15, 0.2) is 5.96 Å². The Morgan fingerprint density at radius 2 is 2.43 bits per heavy atom. The first-order chi connectivity index (χ1) is 9.56. The summed E-state index contributed by atoms with van der Waals surface area (Å²) in [7, 11) is 0. The molecule has 2 N–H and O–H groups in total. The molecule has 2 rings (SSSR count). The predicted octanol–water partition coefficient (Wildman–Crippen LogP) is 1.46. The number of piperidine rings is 1. The fourth-order valence-corrected chi connectivity index (χ4v) is 2.33. The third-order valence-corrected chi connectivity index (χ3v) is 3.41. The number of nitrogens with two attached hydrogens (primary N) is 1. The SMILES string of the molecule is CC1CCCN(C(N)=NCCn2cc([N+](=O)[O-])cn2)C1.I. The van der Waals surface area contributed by atoms with E-state index in [1.165, 1.54) is 23.5 Å². The van der Waals surface area contributed by atoms with Crippen molar-refractivity contribution in [3.63, 3.8) is 0 Å². The molecule has 0 aliphatic carbocycles. The van der Waals surface area contributed by atoms with Crippen molar-refractivity contribution in [2.75, 3.05) is 19.6 Å². The standard InChI is InChI=1S/C12H20N6O2.HI/c1-10-3-2-5-16(8-10)12(13)14-4-6-17-9-11(7-15-17)18(19)20;/h7,9-10H,2-6,8H2,1H3,(H2,13,14);1H. The molecule has 9 heteroatoms. The minimum atomic E-state index is -0.462. The Bertz CT molecular complexity index is 504. The maximum Gasteiger partial charge on any atom is 0.306 e. The molecule has 0 saturated carbocycles. The number of nitrogens with zero attached hydrogens (tertiary/aromatic N) is 5. The molecule has 1 aliphatic rings. The van der Waals surface area contributed by atoms with E-state index in [0.29, 0.717) is 25.0 Å². The van der Waals surface area contributed by atoms with E-state index in [4.69, 9.17) is 5.73 Å². The molecule has 1 unspecified atom stereocenters. The van der Waals surface area contributed by atoms with Crippen molar-refractivity contribution in [3.05, 3.63) is 22.5 Å². The van der Waals surface area contributed by atoms with Gasteiger partial charge in [-0.25, -0.2) is 0 Å². The van der Waals surface area contributed by atoms with E-state index >= 15 is 0 Å². The van der Waals surface area contributed by atoms with Crippen molar-refractivity contribution in [1.29, 1.82) is 0 Å². The summed E-state index contributed by atoms with van der Waals surface area (Å²) in [6.45, 7) is 5.06. The molecule has 0 aromatic carbocycles. The third kappa shape index (κ3) is 5.14. The van der Waals surface area contributed by atoms with Gasteiger partial charge in [0.05, 0.1) is 18.0 Å². The van der Waals surface area contributed by atoms with Crippen molar-refractivity contribution >= 4 is 35.6 Å². The van der Waals surface area contributed by atoms with Gasteiger partial charge in [0, 0.05) is 13.1 Å². The van der Waals surface area contributed by atoms with E-state index in [1.807, 2.05) is 0 Å². The zero-order chi connectivity index (χ0) is 14.5. The number of aromatic nitrogens is 2. The van der Waals surface area contributed by atoms with Gasteiger partial charge in [-0.2, -0.15) is 5.10 Å². The highest BCUT2D eigenvalue weighted by Gasteiger charge is 2.17. The summed E-state index contributed by atoms with van der Waals surface area (Å²) in [6.07, 6.45) is 5.01. The van der Waals surface area contributed by atoms with E-state index < -0.39 is 4.92 Å². The maximum absolute atomic E-state index is 10.5. The third-order valence-electron chi connectivity index (χ3n) is 3.41. The minimum absolute atomic E-state index is 0. The molecule has 21 heavy (non-hydrogen) atoms. The minimum Gasteiger partial charge on any atom is -0.370 e. The lowest BCUT2D eigenvalue weighted by Gasteiger charge is -2.31. The van der Waals surface area contributed by atoms with E-state index in [0.717, 1.165) is 19.5 Å². The van der Waals surface area contributed by atoms with Crippen molar-refractivity contribution < 1.29 is 4.92 Å². The van der Waals surface area contributed by atoms with Gasteiger partial charge in [0.2, 0.25) is 0 Å². The molecule has 1 aromatic heterocycles. The predicted molar refractivity (Wildman–Crippen MR) is 90.8 cm³/mol. The maximum atomic E-state index is 10.5. The van der Waals surface area contributed by atoms with Crippen LogP contribution in [0.15, 0.2) is 17.4 Å². The first kappa shape index (κ1) is 17.7. The molecule has 1 saturated heterocycles. The lowest BCUT2D eigenvalue weighted by atomic mass is 10.0. The van der Waals surface area contributed by atoms with Crippen LogP contribution in [0.5, 0.6) is 0 Å². The molecule has 0 spiro atoms. The molecule has 2 heterocycles. The second-order valence-electron chi connectivity index (χ2n) is 5.15. The Morgan fingerprint density at radius 3 is 3.05 bits per heavy atom. The van der Waals surface area contributed by atoms with Crippen LogP contribution in [-0.4, -0.2) is 45.2 Å². The fraction of sp³-hybridized carbons (Fsp3) is 0.667. The summed E-state index contributed by atoms with van der Waals surface area (Å²) < 4.78 is 1.51. The van der Waals surface area contributed by atoms with Gasteiger partial charge in [-0.3, -0.25) is 19.8 Å². The van der Waals surface area contributed by atoms with Crippen LogP contribution in [-0.2, 0) is 6.54 Å².